The molecule has 8 heteroatoms. The summed E-state index contributed by atoms with van der Waals surface area (Å²) >= 11 is 6.70. The second kappa shape index (κ2) is 9.43. The zero-order chi connectivity index (χ0) is 18.2. The Morgan fingerprint density at radius 3 is 2.72 bits per heavy atom. The van der Waals surface area contributed by atoms with Crippen molar-refractivity contribution in [2.45, 2.75) is 6.92 Å². The van der Waals surface area contributed by atoms with E-state index in [2.05, 4.69) is 42.4 Å². The van der Waals surface area contributed by atoms with Crippen molar-refractivity contribution in [2.75, 3.05) is 13.2 Å². The molecule has 2 aromatic rings. The summed E-state index contributed by atoms with van der Waals surface area (Å²) in [6, 6.07) is 10.2. The van der Waals surface area contributed by atoms with Crippen LogP contribution in [0.25, 0.3) is 0 Å². The van der Waals surface area contributed by atoms with E-state index < -0.39 is 5.91 Å². The fourth-order valence-electron chi connectivity index (χ4n) is 1.83. The number of benzene rings is 2. The van der Waals surface area contributed by atoms with Crippen LogP contribution >= 0.6 is 31.9 Å². The van der Waals surface area contributed by atoms with Gasteiger partial charge < -0.3 is 14.6 Å². The summed E-state index contributed by atoms with van der Waals surface area (Å²) in [5.41, 5.74) is 3.05. The van der Waals surface area contributed by atoms with Crippen molar-refractivity contribution in [2.24, 2.45) is 5.10 Å². The molecule has 25 heavy (non-hydrogen) atoms. The fourth-order valence-corrected chi connectivity index (χ4v) is 2.99. The molecule has 0 aliphatic heterocycles. The third-order valence-electron chi connectivity index (χ3n) is 2.94. The van der Waals surface area contributed by atoms with E-state index in [1.54, 1.807) is 18.2 Å². The van der Waals surface area contributed by atoms with Gasteiger partial charge in [-0.2, -0.15) is 5.10 Å². The summed E-state index contributed by atoms with van der Waals surface area (Å²) in [6.45, 7) is 2.09. The molecular formula is C17H16Br2N2O4. The number of hydrazone groups is 1. The number of ether oxygens (including phenoxy) is 2. The van der Waals surface area contributed by atoms with Gasteiger partial charge in [0.1, 0.15) is 5.75 Å². The van der Waals surface area contributed by atoms with E-state index in [0.29, 0.717) is 23.7 Å². The highest BCUT2D eigenvalue weighted by molar-refractivity contribution is 9.11. The average Bonchev–Trinajstić information content (AvgIpc) is 2.57. The average molecular weight is 472 g/mol. The Hall–Kier alpha value is -2.06. The molecule has 0 aliphatic carbocycles. The van der Waals surface area contributed by atoms with E-state index in [1.165, 1.54) is 12.3 Å². The van der Waals surface area contributed by atoms with Crippen LogP contribution in [0.3, 0.4) is 0 Å². The number of nitrogens with one attached hydrogen (secondary N) is 1. The molecule has 0 fully saturated rings. The standard InChI is InChI=1S/C17H16Br2N2O4/c1-2-24-16-7-11(3-5-14(16)22)9-20-21-17(23)10-25-15-6-4-12(18)8-13(15)19/h3-9,22H,2,10H2,1H3,(H,21,23)/b20-9+. The topological polar surface area (TPSA) is 80.2 Å². The summed E-state index contributed by atoms with van der Waals surface area (Å²) in [4.78, 5) is 11.8. The summed E-state index contributed by atoms with van der Waals surface area (Å²) in [6.07, 6.45) is 1.45. The first-order chi connectivity index (χ1) is 12.0. The highest BCUT2D eigenvalue weighted by atomic mass is 79.9. The predicted molar refractivity (Wildman–Crippen MR) is 102 cm³/mol. The largest absolute Gasteiger partial charge is 0.504 e. The van der Waals surface area contributed by atoms with E-state index in [-0.39, 0.29) is 12.4 Å². The Morgan fingerprint density at radius 2 is 2.00 bits per heavy atom. The van der Waals surface area contributed by atoms with Crippen LogP contribution in [0.5, 0.6) is 17.2 Å². The van der Waals surface area contributed by atoms with Crippen LogP contribution < -0.4 is 14.9 Å². The monoisotopic (exact) mass is 470 g/mol. The molecule has 1 amide bonds. The number of hydrogen-bond acceptors (Lipinski definition) is 5. The van der Waals surface area contributed by atoms with Crippen LogP contribution in [0.2, 0.25) is 0 Å². The van der Waals surface area contributed by atoms with Crippen molar-refractivity contribution in [1.82, 2.24) is 5.43 Å². The van der Waals surface area contributed by atoms with E-state index in [0.717, 1.165) is 8.95 Å². The van der Waals surface area contributed by atoms with Crippen molar-refractivity contribution in [3.05, 3.63) is 50.9 Å². The smallest absolute Gasteiger partial charge is 0.277 e. The maximum Gasteiger partial charge on any atom is 0.277 e. The SMILES string of the molecule is CCOc1cc(/C=N/NC(=O)COc2ccc(Br)cc2Br)ccc1O. The molecule has 0 heterocycles. The second-order valence-corrected chi connectivity index (χ2v) is 6.59. The van der Waals surface area contributed by atoms with Gasteiger partial charge in [0.05, 0.1) is 17.3 Å². The Morgan fingerprint density at radius 1 is 1.20 bits per heavy atom. The first-order valence-electron chi connectivity index (χ1n) is 7.35. The molecule has 0 unspecified atom stereocenters. The van der Waals surface area contributed by atoms with Crippen molar-refractivity contribution in [1.29, 1.82) is 0 Å². The lowest BCUT2D eigenvalue weighted by Crippen LogP contribution is -2.24. The molecule has 2 aromatic carbocycles. The Labute approximate surface area is 162 Å². The van der Waals surface area contributed by atoms with E-state index >= 15 is 0 Å². The molecule has 0 saturated carbocycles. The number of phenols is 1. The first kappa shape index (κ1) is 19.3. The van der Waals surface area contributed by atoms with Gasteiger partial charge in [-0.05, 0) is 64.8 Å². The van der Waals surface area contributed by atoms with Gasteiger partial charge in [-0.1, -0.05) is 15.9 Å². The first-order valence-corrected chi connectivity index (χ1v) is 8.93. The number of carbonyl (C=O) groups is 1. The number of aromatic hydroxyl groups is 1. The highest BCUT2D eigenvalue weighted by Gasteiger charge is 2.06. The highest BCUT2D eigenvalue weighted by Crippen LogP contribution is 2.28. The maximum absolute atomic E-state index is 11.8. The van der Waals surface area contributed by atoms with Crippen LogP contribution in [0.1, 0.15) is 12.5 Å². The van der Waals surface area contributed by atoms with Crippen LogP contribution in [0, 0.1) is 0 Å². The molecule has 0 radical (unpaired) electrons. The van der Waals surface area contributed by atoms with Gasteiger partial charge in [0.2, 0.25) is 0 Å². The normalized spacial score (nSPS) is 10.7. The predicted octanol–water partition coefficient (Wildman–Crippen LogP) is 3.85. The van der Waals surface area contributed by atoms with Gasteiger partial charge in [-0.3, -0.25) is 4.79 Å². The summed E-state index contributed by atoms with van der Waals surface area (Å²) < 4.78 is 12.3. The third kappa shape index (κ3) is 6.06. The molecule has 132 valence electrons. The summed E-state index contributed by atoms with van der Waals surface area (Å²) in [7, 11) is 0. The molecule has 2 N–H and O–H groups in total. The van der Waals surface area contributed by atoms with Crippen molar-refractivity contribution < 1.29 is 19.4 Å². The summed E-state index contributed by atoms with van der Waals surface area (Å²) in [5.74, 6) is 0.579. The lowest BCUT2D eigenvalue weighted by atomic mass is 10.2. The Balaban J connectivity index is 1.87. The summed E-state index contributed by atoms with van der Waals surface area (Å²) in [5, 5.41) is 13.5. The number of hydrogen-bond donors (Lipinski definition) is 2. The van der Waals surface area contributed by atoms with Gasteiger partial charge in [0.25, 0.3) is 5.91 Å². The Kier molecular flexibility index (Phi) is 7.27. The molecule has 0 atom stereocenters. The number of halogens is 2. The van der Waals surface area contributed by atoms with E-state index in [1.807, 2.05) is 19.1 Å². The molecular weight excluding hydrogens is 456 g/mol. The lowest BCUT2D eigenvalue weighted by Gasteiger charge is -2.07. The van der Waals surface area contributed by atoms with Crippen LogP contribution in [-0.4, -0.2) is 30.4 Å². The van der Waals surface area contributed by atoms with Crippen molar-refractivity contribution in [3.63, 3.8) is 0 Å². The van der Waals surface area contributed by atoms with Gasteiger partial charge in [-0.25, -0.2) is 5.43 Å². The van der Waals surface area contributed by atoms with Crippen LogP contribution in [0.4, 0.5) is 0 Å². The molecule has 6 nitrogen and oxygen atoms in total. The lowest BCUT2D eigenvalue weighted by molar-refractivity contribution is -0.123. The van der Waals surface area contributed by atoms with Crippen LogP contribution in [0.15, 0.2) is 50.4 Å². The number of rotatable bonds is 7. The number of nitrogens with zero attached hydrogens (tertiary/aromatic N) is 1. The van der Waals surface area contributed by atoms with Crippen molar-refractivity contribution in [3.8, 4) is 17.2 Å². The van der Waals surface area contributed by atoms with Crippen LogP contribution in [-0.2, 0) is 4.79 Å². The number of phenolic OH excluding ortho intramolecular Hbond substituents is 1. The molecule has 0 aliphatic rings. The zero-order valence-electron chi connectivity index (χ0n) is 13.3. The molecule has 0 bridgehead atoms. The minimum atomic E-state index is -0.394. The second-order valence-electron chi connectivity index (χ2n) is 4.82. The fraction of sp³-hybridized carbons (Fsp3) is 0.176. The van der Waals surface area contributed by atoms with E-state index in [9.17, 15) is 9.90 Å². The van der Waals surface area contributed by atoms with E-state index in [4.69, 9.17) is 9.47 Å². The Bertz CT molecular complexity index is 781. The van der Waals surface area contributed by atoms with Gasteiger partial charge >= 0.3 is 0 Å². The van der Waals surface area contributed by atoms with Gasteiger partial charge in [0, 0.05) is 4.47 Å². The quantitative estimate of drug-likeness (QED) is 0.474. The number of amides is 1. The molecule has 2 rings (SSSR count). The zero-order valence-corrected chi connectivity index (χ0v) is 16.5. The minimum Gasteiger partial charge on any atom is -0.504 e. The third-order valence-corrected chi connectivity index (χ3v) is 4.05. The van der Waals surface area contributed by atoms with Crippen molar-refractivity contribution >= 4 is 44.0 Å². The molecule has 0 aromatic heterocycles. The molecule has 0 saturated heterocycles. The number of carbonyl (C=O) groups excluding carboxylic acids is 1. The molecule has 0 spiro atoms. The maximum atomic E-state index is 11.8. The minimum absolute atomic E-state index is 0.0523. The van der Waals surface area contributed by atoms with Gasteiger partial charge in [0.15, 0.2) is 18.1 Å². The van der Waals surface area contributed by atoms with Gasteiger partial charge in [-0.15, -0.1) is 0 Å².